The fraction of sp³-hybridized carbons (Fsp3) is 0.647. The molecule has 0 aliphatic rings. The summed E-state index contributed by atoms with van der Waals surface area (Å²) in [5, 5.41) is 3.60. The number of ether oxygens (including phenoxy) is 1. The van der Waals surface area contributed by atoms with E-state index in [-0.39, 0.29) is 0 Å². The van der Waals surface area contributed by atoms with Gasteiger partial charge in [-0.2, -0.15) is 0 Å². The molecule has 2 nitrogen and oxygen atoms in total. The van der Waals surface area contributed by atoms with Crippen molar-refractivity contribution in [3.8, 4) is 0 Å². The van der Waals surface area contributed by atoms with E-state index in [1.807, 2.05) is 0 Å². The lowest BCUT2D eigenvalue weighted by atomic mass is 9.98. The van der Waals surface area contributed by atoms with E-state index < -0.39 is 0 Å². The summed E-state index contributed by atoms with van der Waals surface area (Å²) in [6.07, 6.45) is 6.15. The zero-order chi connectivity index (χ0) is 13.9. The van der Waals surface area contributed by atoms with Gasteiger partial charge in [-0.25, -0.2) is 0 Å². The van der Waals surface area contributed by atoms with E-state index in [0.717, 1.165) is 19.6 Å². The van der Waals surface area contributed by atoms with E-state index in [4.69, 9.17) is 4.74 Å². The highest BCUT2D eigenvalue weighted by molar-refractivity contribution is 5.25. The molecule has 0 spiro atoms. The summed E-state index contributed by atoms with van der Waals surface area (Å²) in [6, 6.07) is 9.51. The molecule has 0 fully saturated rings. The Kier molecular flexibility index (Phi) is 8.52. The summed E-state index contributed by atoms with van der Waals surface area (Å²) in [5.41, 5.74) is 2.77. The lowest BCUT2D eigenvalue weighted by Crippen LogP contribution is -2.20. The number of hydrogen-bond acceptors (Lipinski definition) is 2. The Hall–Kier alpha value is -0.860. The third-order valence-corrected chi connectivity index (χ3v) is 3.52. The molecule has 0 radical (unpaired) electrons. The predicted octanol–water partition coefficient (Wildman–Crippen LogP) is 4.11. The molecule has 1 unspecified atom stereocenters. The van der Waals surface area contributed by atoms with Crippen molar-refractivity contribution in [2.24, 2.45) is 0 Å². The largest absolute Gasteiger partial charge is 0.384 e. The van der Waals surface area contributed by atoms with Crippen molar-refractivity contribution in [1.82, 2.24) is 5.32 Å². The van der Waals surface area contributed by atoms with Gasteiger partial charge in [0.15, 0.2) is 0 Å². The number of nitrogens with one attached hydrogen (secondary N) is 1. The van der Waals surface area contributed by atoms with Crippen LogP contribution in [0.1, 0.15) is 56.7 Å². The molecule has 0 aromatic heterocycles. The van der Waals surface area contributed by atoms with Crippen molar-refractivity contribution < 1.29 is 4.74 Å². The topological polar surface area (TPSA) is 21.3 Å². The predicted molar refractivity (Wildman–Crippen MR) is 82.6 cm³/mol. The van der Waals surface area contributed by atoms with Crippen molar-refractivity contribution in [1.29, 1.82) is 0 Å². The molecule has 2 heteroatoms. The molecule has 0 bridgehead atoms. The van der Waals surface area contributed by atoms with Crippen LogP contribution in [-0.4, -0.2) is 20.3 Å². The van der Waals surface area contributed by atoms with Crippen LogP contribution in [-0.2, 0) is 11.2 Å². The Morgan fingerprint density at radius 3 is 2.42 bits per heavy atom. The first-order valence-corrected chi connectivity index (χ1v) is 7.63. The molecule has 108 valence electrons. The Morgan fingerprint density at radius 1 is 1.11 bits per heavy atom. The Bertz CT molecular complexity index is 321. The first-order valence-electron chi connectivity index (χ1n) is 7.63. The number of benzene rings is 1. The molecule has 1 aromatic carbocycles. The summed E-state index contributed by atoms with van der Waals surface area (Å²) in [5.74, 6) is 0. The molecule has 0 aliphatic carbocycles. The summed E-state index contributed by atoms with van der Waals surface area (Å²) in [6.45, 7) is 6.27. The van der Waals surface area contributed by atoms with Gasteiger partial charge in [-0.15, -0.1) is 0 Å². The fourth-order valence-electron chi connectivity index (χ4n) is 2.37. The quantitative estimate of drug-likeness (QED) is 0.642. The van der Waals surface area contributed by atoms with Gasteiger partial charge in [0.05, 0.1) is 6.61 Å². The van der Waals surface area contributed by atoms with Crippen molar-refractivity contribution in [3.05, 3.63) is 35.4 Å². The minimum atomic E-state index is 0.507. The maximum absolute atomic E-state index is 5.12. The highest BCUT2D eigenvalue weighted by atomic mass is 16.5. The van der Waals surface area contributed by atoms with Crippen LogP contribution in [0.2, 0.25) is 0 Å². The first kappa shape index (κ1) is 16.2. The first-order chi connectivity index (χ1) is 9.31. The van der Waals surface area contributed by atoms with E-state index in [1.165, 1.54) is 36.8 Å². The van der Waals surface area contributed by atoms with Crippen LogP contribution in [0.5, 0.6) is 0 Å². The average molecular weight is 263 g/mol. The van der Waals surface area contributed by atoms with Crippen LogP contribution in [0.25, 0.3) is 0 Å². The minimum Gasteiger partial charge on any atom is -0.384 e. The second kappa shape index (κ2) is 9.99. The van der Waals surface area contributed by atoms with Gasteiger partial charge in [0, 0.05) is 13.2 Å². The smallest absolute Gasteiger partial charge is 0.0502 e. The monoisotopic (exact) mass is 263 g/mol. The third-order valence-electron chi connectivity index (χ3n) is 3.52. The van der Waals surface area contributed by atoms with Crippen molar-refractivity contribution in [2.75, 3.05) is 20.3 Å². The molecule has 1 atom stereocenters. The van der Waals surface area contributed by atoms with Crippen LogP contribution in [0.15, 0.2) is 24.3 Å². The van der Waals surface area contributed by atoms with Gasteiger partial charge in [-0.1, -0.05) is 57.4 Å². The summed E-state index contributed by atoms with van der Waals surface area (Å²) in [7, 11) is 1.75. The van der Waals surface area contributed by atoms with Crippen LogP contribution in [0.3, 0.4) is 0 Å². The van der Waals surface area contributed by atoms with E-state index in [0.29, 0.717) is 6.04 Å². The molecule has 0 aliphatic heterocycles. The molecule has 0 saturated carbocycles. The van der Waals surface area contributed by atoms with Gasteiger partial charge in [-0.05, 0) is 30.5 Å². The zero-order valence-corrected chi connectivity index (χ0v) is 12.7. The average Bonchev–Trinajstić information content (AvgIpc) is 2.45. The van der Waals surface area contributed by atoms with E-state index in [9.17, 15) is 0 Å². The molecule has 1 rings (SSSR count). The van der Waals surface area contributed by atoms with Gasteiger partial charge in [0.25, 0.3) is 0 Å². The molecule has 0 heterocycles. The number of rotatable bonds is 10. The van der Waals surface area contributed by atoms with Crippen LogP contribution < -0.4 is 5.32 Å². The maximum atomic E-state index is 5.12. The van der Waals surface area contributed by atoms with E-state index in [2.05, 4.69) is 43.4 Å². The number of methoxy groups -OCH3 is 1. The summed E-state index contributed by atoms with van der Waals surface area (Å²) in [4.78, 5) is 0. The van der Waals surface area contributed by atoms with Gasteiger partial charge >= 0.3 is 0 Å². The van der Waals surface area contributed by atoms with Gasteiger partial charge in [-0.3, -0.25) is 0 Å². The molecule has 1 N–H and O–H groups in total. The SMILES string of the molecule is CCCCCC(NCC)c1ccc(CCOC)cc1. The lowest BCUT2D eigenvalue weighted by Gasteiger charge is -2.18. The minimum absolute atomic E-state index is 0.507. The van der Waals surface area contributed by atoms with Gasteiger partial charge in [0.2, 0.25) is 0 Å². The Labute approximate surface area is 118 Å². The van der Waals surface area contributed by atoms with Gasteiger partial charge in [0.1, 0.15) is 0 Å². The molecule has 0 amide bonds. The standard InChI is InChI=1S/C17H29NO/c1-4-6-7-8-17(18-5-2)16-11-9-15(10-12-16)13-14-19-3/h9-12,17-18H,4-8,13-14H2,1-3H3. The second-order valence-corrected chi connectivity index (χ2v) is 5.09. The number of unbranched alkanes of at least 4 members (excludes halogenated alkanes) is 2. The van der Waals surface area contributed by atoms with Crippen LogP contribution in [0, 0.1) is 0 Å². The Balaban J connectivity index is 2.57. The zero-order valence-electron chi connectivity index (χ0n) is 12.7. The maximum Gasteiger partial charge on any atom is 0.0502 e. The Morgan fingerprint density at radius 2 is 1.84 bits per heavy atom. The highest BCUT2D eigenvalue weighted by Gasteiger charge is 2.09. The fourth-order valence-corrected chi connectivity index (χ4v) is 2.37. The van der Waals surface area contributed by atoms with Crippen molar-refractivity contribution in [3.63, 3.8) is 0 Å². The third kappa shape index (κ3) is 6.22. The molecule has 0 saturated heterocycles. The molecule has 1 aromatic rings. The molecular weight excluding hydrogens is 234 g/mol. The highest BCUT2D eigenvalue weighted by Crippen LogP contribution is 2.20. The van der Waals surface area contributed by atoms with Crippen molar-refractivity contribution in [2.45, 2.75) is 52.0 Å². The summed E-state index contributed by atoms with van der Waals surface area (Å²) >= 11 is 0. The molecular formula is C17H29NO. The number of hydrogen-bond donors (Lipinski definition) is 1. The van der Waals surface area contributed by atoms with E-state index >= 15 is 0 Å². The second-order valence-electron chi connectivity index (χ2n) is 5.09. The van der Waals surface area contributed by atoms with Crippen molar-refractivity contribution >= 4 is 0 Å². The van der Waals surface area contributed by atoms with Crippen LogP contribution >= 0.6 is 0 Å². The molecule has 19 heavy (non-hydrogen) atoms. The van der Waals surface area contributed by atoms with Gasteiger partial charge < -0.3 is 10.1 Å². The normalized spacial score (nSPS) is 12.6. The van der Waals surface area contributed by atoms with Crippen LogP contribution in [0.4, 0.5) is 0 Å². The summed E-state index contributed by atoms with van der Waals surface area (Å²) < 4.78 is 5.12. The lowest BCUT2D eigenvalue weighted by molar-refractivity contribution is 0.202. The van der Waals surface area contributed by atoms with E-state index in [1.54, 1.807) is 7.11 Å².